The van der Waals surface area contributed by atoms with Crippen molar-refractivity contribution in [3.8, 4) is 5.75 Å². The van der Waals surface area contributed by atoms with Crippen molar-refractivity contribution >= 4 is 21.9 Å². The van der Waals surface area contributed by atoms with E-state index in [1.807, 2.05) is 31.2 Å². The smallest absolute Gasteiger partial charge is 0.191 e. The summed E-state index contributed by atoms with van der Waals surface area (Å²) >= 11 is 3.51. The van der Waals surface area contributed by atoms with Crippen LogP contribution in [0, 0.1) is 0 Å². The number of para-hydroxylation sites is 1. The number of nitrogens with zero attached hydrogens (tertiary/aromatic N) is 3. The molecule has 1 saturated heterocycles. The van der Waals surface area contributed by atoms with E-state index in [1.54, 1.807) is 7.05 Å². The van der Waals surface area contributed by atoms with E-state index in [2.05, 4.69) is 55.5 Å². The molecule has 140 valence electrons. The van der Waals surface area contributed by atoms with Gasteiger partial charge in [0, 0.05) is 39.3 Å². The Morgan fingerprint density at radius 3 is 2.80 bits per heavy atom. The summed E-state index contributed by atoms with van der Waals surface area (Å²) in [5, 5.41) is 6.77. The first-order valence-corrected chi connectivity index (χ1v) is 9.53. The summed E-state index contributed by atoms with van der Waals surface area (Å²) in [6.07, 6.45) is 0.0285. The lowest BCUT2D eigenvalue weighted by Gasteiger charge is -2.38. The molecular weight excluding hydrogens is 382 g/mol. The maximum atomic E-state index is 5.96. The number of piperazine rings is 1. The Labute approximate surface area is 159 Å². The van der Waals surface area contributed by atoms with Crippen molar-refractivity contribution in [3.05, 3.63) is 28.7 Å². The van der Waals surface area contributed by atoms with Crippen LogP contribution in [-0.4, -0.2) is 81.8 Å². The van der Waals surface area contributed by atoms with Crippen LogP contribution >= 0.6 is 15.9 Å². The molecule has 1 aliphatic heterocycles. The molecule has 1 aliphatic rings. The van der Waals surface area contributed by atoms with Gasteiger partial charge in [0.2, 0.25) is 0 Å². The number of hydrogen-bond donors (Lipinski definition) is 2. The topological polar surface area (TPSA) is 52.1 Å². The molecule has 0 aromatic heterocycles. The Balaban J connectivity index is 1.75. The lowest BCUT2D eigenvalue weighted by molar-refractivity contribution is 0.116. The Hall–Kier alpha value is -1.31. The van der Waals surface area contributed by atoms with Crippen LogP contribution in [0.3, 0.4) is 0 Å². The quantitative estimate of drug-likeness (QED) is 0.550. The molecule has 0 bridgehead atoms. The van der Waals surface area contributed by atoms with E-state index in [9.17, 15) is 0 Å². The highest BCUT2D eigenvalue weighted by Gasteiger charge is 2.22. The van der Waals surface area contributed by atoms with E-state index in [-0.39, 0.29) is 6.10 Å². The van der Waals surface area contributed by atoms with Gasteiger partial charge in [-0.3, -0.25) is 9.89 Å². The molecule has 25 heavy (non-hydrogen) atoms. The van der Waals surface area contributed by atoms with E-state index in [0.29, 0.717) is 12.6 Å². The van der Waals surface area contributed by atoms with Gasteiger partial charge in [-0.05, 0) is 49.1 Å². The van der Waals surface area contributed by atoms with Crippen molar-refractivity contribution in [2.45, 2.75) is 19.1 Å². The molecule has 2 unspecified atom stereocenters. The number of hydrogen-bond acceptors (Lipinski definition) is 4. The standard InChI is InChI=1S/C18H30BrN5O/c1-14(25-17-8-6-5-7-16(17)19)11-21-18(20-2)22-12-15-13-23(3)9-10-24(15)4/h5-8,14-15H,9-13H2,1-4H3,(H2,20,21,22). The Kier molecular flexibility index (Phi) is 7.99. The SMILES string of the molecule is CN=C(NCC(C)Oc1ccccc1Br)NCC1CN(C)CCN1C. The average Bonchev–Trinajstić information content (AvgIpc) is 2.60. The Bertz CT molecular complexity index is 568. The highest BCUT2D eigenvalue weighted by molar-refractivity contribution is 9.10. The number of benzene rings is 1. The summed E-state index contributed by atoms with van der Waals surface area (Å²) in [5.74, 6) is 1.66. The molecule has 0 aliphatic carbocycles. The third-order valence-electron chi connectivity index (χ3n) is 4.43. The first-order valence-electron chi connectivity index (χ1n) is 8.74. The molecule has 1 heterocycles. The maximum Gasteiger partial charge on any atom is 0.191 e. The van der Waals surface area contributed by atoms with Crippen LogP contribution in [0.5, 0.6) is 5.75 Å². The highest BCUT2D eigenvalue weighted by Crippen LogP contribution is 2.24. The van der Waals surface area contributed by atoms with Crippen LogP contribution in [0.25, 0.3) is 0 Å². The molecule has 7 heteroatoms. The van der Waals surface area contributed by atoms with E-state index in [0.717, 1.165) is 42.4 Å². The third-order valence-corrected chi connectivity index (χ3v) is 5.09. The Morgan fingerprint density at radius 2 is 2.08 bits per heavy atom. The summed E-state index contributed by atoms with van der Waals surface area (Å²) in [6, 6.07) is 8.38. The molecule has 0 amide bonds. The fraction of sp³-hybridized carbons (Fsp3) is 0.611. The molecule has 2 rings (SSSR count). The van der Waals surface area contributed by atoms with E-state index in [1.165, 1.54) is 0 Å². The van der Waals surface area contributed by atoms with Gasteiger partial charge in [0.1, 0.15) is 11.9 Å². The summed E-state index contributed by atoms with van der Waals surface area (Å²) in [6.45, 7) is 6.91. The number of aliphatic imine (C=N–C) groups is 1. The summed E-state index contributed by atoms with van der Waals surface area (Å²) in [5.41, 5.74) is 0. The molecule has 1 aromatic carbocycles. The molecule has 2 atom stereocenters. The number of nitrogens with one attached hydrogen (secondary N) is 2. The van der Waals surface area contributed by atoms with Gasteiger partial charge in [-0.25, -0.2) is 0 Å². The minimum Gasteiger partial charge on any atom is -0.488 e. The lowest BCUT2D eigenvalue weighted by atomic mass is 10.2. The third kappa shape index (κ3) is 6.49. The monoisotopic (exact) mass is 411 g/mol. The van der Waals surface area contributed by atoms with Gasteiger partial charge in [-0.15, -0.1) is 0 Å². The molecule has 6 nitrogen and oxygen atoms in total. The van der Waals surface area contributed by atoms with Crippen molar-refractivity contribution in [2.75, 3.05) is 53.9 Å². The summed E-state index contributed by atoms with van der Waals surface area (Å²) in [7, 11) is 6.16. The van der Waals surface area contributed by atoms with Crippen molar-refractivity contribution in [1.82, 2.24) is 20.4 Å². The normalized spacial score (nSPS) is 21.0. The van der Waals surface area contributed by atoms with Crippen LogP contribution in [0.4, 0.5) is 0 Å². The lowest BCUT2D eigenvalue weighted by Crippen LogP contribution is -2.55. The van der Waals surface area contributed by atoms with Gasteiger partial charge in [0.15, 0.2) is 5.96 Å². The van der Waals surface area contributed by atoms with Gasteiger partial charge < -0.3 is 20.3 Å². The van der Waals surface area contributed by atoms with Crippen molar-refractivity contribution in [3.63, 3.8) is 0 Å². The van der Waals surface area contributed by atoms with Crippen LogP contribution in [0.2, 0.25) is 0 Å². The van der Waals surface area contributed by atoms with Crippen molar-refractivity contribution in [2.24, 2.45) is 4.99 Å². The molecule has 1 aromatic rings. The van der Waals surface area contributed by atoms with Gasteiger partial charge in [-0.1, -0.05) is 12.1 Å². The van der Waals surface area contributed by atoms with Crippen LogP contribution < -0.4 is 15.4 Å². The van der Waals surface area contributed by atoms with Crippen LogP contribution in [0.15, 0.2) is 33.7 Å². The number of halogens is 1. The van der Waals surface area contributed by atoms with Gasteiger partial charge in [0.25, 0.3) is 0 Å². The van der Waals surface area contributed by atoms with Gasteiger partial charge in [-0.2, -0.15) is 0 Å². The zero-order valence-corrected chi connectivity index (χ0v) is 17.2. The molecular formula is C18H30BrN5O. The molecule has 1 fully saturated rings. The second-order valence-electron chi connectivity index (χ2n) is 6.59. The minimum atomic E-state index is 0.0285. The van der Waals surface area contributed by atoms with Crippen molar-refractivity contribution < 1.29 is 4.74 Å². The number of guanidine groups is 1. The van der Waals surface area contributed by atoms with E-state index >= 15 is 0 Å². The zero-order chi connectivity index (χ0) is 18.2. The average molecular weight is 412 g/mol. The zero-order valence-electron chi connectivity index (χ0n) is 15.6. The highest BCUT2D eigenvalue weighted by atomic mass is 79.9. The fourth-order valence-electron chi connectivity index (χ4n) is 2.80. The molecule has 0 spiro atoms. The van der Waals surface area contributed by atoms with E-state index in [4.69, 9.17) is 4.74 Å². The number of likely N-dealkylation sites (N-methyl/N-ethyl adjacent to an activating group) is 2. The largest absolute Gasteiger partial charge is 0.488 e. The predicted molar refractivity (Wildman–Crippen MR) is 108 cm³/mol. The molecule has 0 saturated carbocycles. The first kappa shape index (κ1) is 20.0. The first-order chi connectivity index (χ1) is 12.0. The van der Waals surface area contributed by atoms with Crippen LogP contribution in [0.1, 0.15) is 6.92 Å². The number of rotatable bonds is 6. The fourth-order valence-corrected chi connectivity index (χ4v) is 3.17. The summed E-state index contributed by atoms with van der Waals surface area (Å²) in [4.78, 5) is 9.08. The molecule has 0 radical (unpaired) electrons. The minimum absolute atomic E-state index is 0.0285. The predicted octanol–water partition coefficient (Wildman–Crippen LogP) is 1.63. The second-order valence-corrected chi connectivity index (χ2v) is 7.44. The maximum absolute atomic E-state index is 5.96. The van der Waals surface area contributed by atoms with Crippen molar-refractivity contribution in [1.29, 1.82) is 0 Å². The number of ether oxygens (including phenoxy) is 1. The molecule has 2 N–H and O–H groups in total. The van der Waals surface area contributed by atoms with Crippen LogP contribution in [-0.2, 0) is 0 Å². The Morgan fingerprint density at radius 1 is 1.32 bits per heavy atom. The van der Waals surface area contributed by atoms with Gasteiger partial charge in [0.05, 0.1) is 11.0 Å². The summed E-state index contributed by atoms with van der Waals surface area (Å²) < 4.78 is 6.93. The van der Waals surface area contributed by atoms with Gasteiger partial charge >= 0.3 is 0 Å². The second kappa shape index (κ2) is 9.99. The van der Waals surface area contributed by atoms with E-state index < -0.39 is 0 Å².